The summed E-state index contributed by atoms with van der Waals surface area (Å²) in [6.45, 7) is 3.36. The molecule has 0 spiro atoms. The third kappa shape index (κ3) is 4.89. The lowest BCUT2D eigenvalue weighted by Crippen LogP contribution is -2.47. The molecule has 1 aromatic rings. The Bertz CT molecular complexity index is 468. The van der Waals surface area contributed by atoms with Gasteiger partial charge in [0.05, 0.1) is 5.60 Å². The van der Waals surface area contributed by atoms with Crippen molar-refractivity contribution in [3.05, 3.63) is 35.9 Å². The Balaban J connectivity index is 2.94. The van der Waals surface area contributed by atoms with Gasteiger partial charge >= 0.3 is 6.03 Å². The Morgan fingerprint density at radius 2 is 1.90 bits per heavy atom. The summed E-state index contributed by atoms with van der Waals surface area (Å²) in [6.07, 6.45) is 0. The number of nitrogens with zero attached hydrogens (tertiary/aromatic N) is 1. The zero-order chi connectivity index (χ0) is 15.3. The maximum atomic E-state index is 12.4. The Hall–Kier alpha value is -2.08. The van der Waals surface area contributed by atoms with Gasteiger partial charge in [-0.1, -0.05) is 30.3 Å². The molecule has 1 unspecified atom stereocenters. The standard InChI is InChI=1S/C14H21N3O3/c1-14(2,20)9-17(3)12(18)11(16-13(15)19)10-7-5-4-6-8-10/h4-8,11,20H,9H2,1-3H3,(H3,15,16,19). The van der Waals surface area contributed by atoms with Gasteiger partial charge in [0.2, 0.25) is 5.91 Å². The SMILES string of the molecule is CN(CC(C)(C)O)C(=O)C(NC(N)=O)c1ccccc1. The van der Waals surface area contributed by atoms with Crippen molar-refractivity contribution in [1.29, 1.82) is 0 Å². The zero-order valence-corrected chi connectivity index (χ0v) is 12.0. The van der Waals surface area contributed by atoms with Gasteiger partial charge in [0.15, 0.2) is 0 Å². The van der Waals surface area contributed by atoms with E-state index in [2.05, 4.69) is 5.32 Å². The van der Waals surface area contributed by atoms with Crippen molar-refractivity contribution in [2.45, 2.75) is 25.5 Å². The minimum Gasteiger partial charge on any atom is -0.389 e. The number of likely N-dealkylation sites (N-methyl/N-ethyl adjacent to an activating group) is 1. The number of amides is 3. The van der Waals surface area contributed by atoms with Crippen molar-refractivity contribution in [3.8, 4) is 0 Å². The van der Waals surface area contributed by atoms with E-state index < -0.39 is 17.7 Å². The highest BCUT2D eigenvalue weighted by Crippen LogP contribution is 2.16. The molecule has 0 aliphatic carbocycles. The van der Waals surface area contributed by atoms with Gasteiger partial charge in [0, 0.05) is 13.6 Å². The van der Waals surface area contributed by atoms with Crippen molar-refractivity contribution >= 4 is 11.9 Å². The summed E-state index contributed by atoms with van der Waals surface area (Å²) in [5.41, 5.74) is 4.75. The van der Waals surface area contributed by atoms with Crippen LogP contribution in [0.5, 0.6) is 0 Å². The van der Waals surface area contributed by atoms with Crippen LogP contribution in [0.2, 0.25) is 0 Å². The molecule has 6 nitrogen and oxygen atoms in total. The minimum absolute atomic E-state index is 0.148. The molecule has 0 bridgehead atoms. The zero-order valence-electron chi connectivity index (χ0n) is 12.0. The fourth-order valence-electron chi connectivity index (χ4n) is 1.95. The summed E-state index contributed by atoms with van der Waals surface area (Å²) in [5.74, 6) is -0.336. The summed E-state index contributed by atoms with van der Waals surface area (Å²) in [5, 5.41) is 12.2. The largest absolute Gasteiger partial charge is 0.389 e. The van der Waals surface area contributed by atoms with Crippen molar-refractivity contribution in [1.82, 2.24) is 10.2 Å². The molecule has 1 rings (SSSR count). The first-order chi connectivity index (χ1) is 9.20. The van der Waals surface area contributed by atoms with E-state index >= 15 is 0 Å². The molecule has 0 aromatic heterocycles. The van der Waals surface area contributed by atoms with Crippen molar-refractivity contribution < 1.29 is 14.7 Å². The average Bonchev–Trinajstić information content (AvgIpc) is 2.34. The Kier molecular flexibility index (Phi) is 5.10. The fraction of sp³-hybridized carbons (Fsp3) is 0.429. The maximum Gasteiger partial charge on any atom is 0.313 e. The van der Waals surface area contributed by atoms with Crippen LogP contribution in [-0.4, -0.2) is 41.1 Å². The van der Waals surface area contributed by atoms with Crippen molar-refractivity contribution in [3.63, 3.8) is 0 Å². The van der Waals surface area contributed by atoms with E-state index in [0.29, 0.717) is 5.56 Å². The predicted octanol–water partition coefficient (Wildman–Crippen LogP) is 0.625. The lowest BCUT2D eigenvalue weighted by molar-refractivity contribution is -0.134. The van der Waals surface area contributed by atoms with Gasteiger partial charge < -0.3 is 21.1 Å². The summed E-state index contributed by atoms with van der Waals surface area (Å²) in [4.78, 5) is 24.9. The van der Waals surface area contributed by atoms with Gasteiger partial charge in [-0.2, -0.15) is 0 Å². The average molecular weight is 279 g/mol. The van der Waals surface area contributed by atoms with Gasteiger partial charge in [0.25, 0.3) is 0 Å². The number of primary amides is 1. The van der Waals surface area contributed by atoms with Crippen LogP contribution in [0.3, 0.4) is 0 Å². The molecule has 1 atom stereocenters. The second-order valence-corrected chi connectivity index (χ2v) is 5.36. The highest BCUT2D eigenvalue weighted by atomic mass is 16.3. The third-order valence-corrected chi connectivity index (χ3v) is 2.67. The molecular formula is C14H21N3O3. The number of carbonyl (C=O) groups is 2. The third-order valence-electron chi connectivity index (χ3n) is 2.67. The molecule has 0 aliphatic heterocycles. The monoisotopic (exact) mass is 279 g/mol. The first kappa shape index (κ1) is 16.0. The van der Waals surface area contributed by atoms with Crippen LogP contribution in [0.1, 0.15) is 25.5 Å². The van der Waals surface area contributed by atoms with E-state index in [1.54, 1.807) is 45.2 Å². The second-order valence-electron chi connectivity index (χ2n) is 5.36. The molecule has 1 aromatic carbocycles. The summed E-state index contributed by atoms with van der Waals surface area (Å²) in [7, 11) is 1.57. The first-order valence-electron chi connectivity index (χ1n) is 6.29. The predicted molar refractivity (Wildman–Crippen MR) is 75.8 cm³/mol. The highest BCUT2D eigenvalue weighted by Gasteiger charge is 2.27. The van der Waals surface area contributed by atoms with Gasteiger partial charge in [-0.3, -0.25) is 4.79 Å². The van der Waals surface area contributed by atoms with Crippen molar-refractivity contribution in [2.75, 3.05) is 13.6 Å². The molecule has 6 heteroatoms. The molecule has 0 saturated carbocycles. The van der Waals surface area contributed by atoms with E-state index in [4.69, 9.17) is 5.73 Å². The number of rotatable bonds is 5. The van der Waals surface area contributed by atoms with Crippen molar-refractivity contribution in [2.24, 2.45) is 5.73 Å². The lowest BCUT2D eigenvalue weighted by Gasteiger charge is -2.29. The van der Waals surface area contributed by atoms with Gasteiger partial charge in [-0.15, -0.1) is 0 Å². The second kappa shape index (κ2) is 6.38. The van der Waals surface area contributed by atoms with E-state index in [-0.39, 0.29) is 12.5 Å². The molecule has 3 amide bonds. The smallest absolute Gasteiger partial charge is 0.313 e. The molecule has 0 heterocycles. The Morgan fingerprint density at radius 1 is 1.35 bits per heavy atom. The van der Waals surface area contributed by atoms with Crippen LogP contribution in [0.15, 0.2) is 30.3 Å². The minimum atomic E-state index is -1.02. The van der Waals surface area contributed by atoms with Gasteiger partial charge in [-0.05, 0) is 19.4 Å². The molecule has 0 radical (unpaired) electrons. The Morgan fingerprint density at radius 3 is 2.35 bits per heavy atom. The van der Waals surface area contributed by atoms with Crippen LogP contribution >= 0.6 is 0 Å². The van der Waals surface area contributed by atoms with E-state index in [1.807, 2.05) is 6.07 Å². The van der Waals surface area contributed by atoms with E-state index in [9.17, 15) is 14.7 Å². The number of hydrogen-bond acceptors (Lipinski definition) is 3. The van der Waals surface area contributed by atoms with Crippen LogP contribution in [0.25, 0.3) is 0 Å². The quantitative estimate of drug-likeness (QED) is 0.737. The highest BCUT2D eigenvalue weighted by molar-refractivity contribution is 5.87. The number of hydrogen-bond donors (Lipinski definition) is 3. The molecule has 110 valence electrons. The number of aliphatic hydroxyl groups is 1. The molecular weight excluding hydrogens is 258 g/mol. The summed E-state index contributed by atoms with van der Waals surface area (Å²) >= 11 is 0. The molecule has 0 saturated heterocycles. The fourth-order valence-corrected chi connectivity index (χ4v) is 1.95. The molecule has 4 N–H and O–H groups in total. The lowest BCUT2D eigenvalue weighted by atomic mass is 10.0. The van der Waals surface area contributed by atoms with E-state index in [1.165, 1.54) is 4.90 Å². The van der Waals surface area contributed by atoms with Gasteiger partial charge in [0.1, 0.15) is 6.04 Å². The van der Waals surface area contributed by atoms with Crippen LogP contribution in [0.4, 0.5) is 4.79 Å². The first-order valence-corrected chi connectivity index (χ1v) is 6.29. The molecule has 0 aliphatic rings. The van der Waals surface area contributed by atoms with Crippen LogP contribution in [-0.2, 0) is 4.79 Å². The normalized spacial score (nSPS) is 12.6. The number of urea groups is 1. The summed E-state index contributed by atoms with van der Waals surface area (Å²) in [6, 6.07) is 7.19. The number of nitrogens with one attached hydrogen (secondary N) is 1. The van der Waals surface area contributed by atoms with Crippen LogP contribution in [0, 0.1) is 0 Å². The topological polar surface area (TPSA) is 95.7 Å². The summed E-state index contributed by atoms with van der Waals surface area (Å²) < 4.78 is 0. The van der Waals surface area contributed by atoms with Gasteiger partial charge in [-0.25, -0.2) is 4.79 Å². The number of carbonyl (C=O) groups excluding carboxylic acids is 2. The number of nitrogens with two attached hydrogens (primary N) is 1. The molecule has 0 fully saturated rings. The Labute approximate surface area is 118 Å². The molecule has 20 heavy (non-hydrogen) atoms. The van der Waals surface area contributed by atoms with Crippen LogP contribution < -0.4 is 11.1 Å². The van der Waals surface area contributed by atoms with E-state index in [0.717, 1.165) is 0 Å². The maximum absolute atomic E-state index is 12.4. The number of benzene rings is 1.